The number of aryl methyl sites for hydroxylation is 3. The molecule has 0 bridgehead atoms. The van der Waals surface area contributed by atoms with Crippen LogP contribution in [0, 0.1) is 25.1 Å². The van der Waals surface area contributed by atoms with Crippen molar-refractivity contribution in [3.8, 4) is 28.5 Å². The Kier molecular flexibility index (Phi) is 4.55. The predicted molar refractivity (Wildman–Crippen MR) is 143 cm³/mol. The Bertz CT molecular complexity index is 1830. The molecule has 178 valence electrons. The van der Waals surface area contributed by atoms with E-state index in [-0.39, 0.29) is 5.56 Å². The minimum Gasteiger partial charge on any atom is -0.454 e. The van der Waals surface area contributed by atoms with E-state index >= 15 is 0 Å². The summed E-state index contributed by atoms with van der Waals surface area (Å²) in [4.78, 5) is 0. The van der Waals surface area contributed by atoms with Gasteiger partial charge in [-0.1, -0.05) is 30.3 Å². The molecule has 0 radical (unpaired) electrons. The van der Waals surface area contributed by atoms with E-state index in [1.807, 2.05) is 61.1 Å². The van der Waals surface area contributed by atoms with Gasteiger partial charge >= 0.3 is 0 Å². The van der Waals surface area contributed by atoms with Gasteiger partial charge in [-0.25, -0.2) is 4.57 Å². The number of rotatable bonds is 3. The molecule has 0 atom stereocenters. The normalized spacial score (nSPS) is 17.2. The second kappa shape index (κ2) is 8.93. The zero-order valence-corrected chi connectivity index (χ0v) is 20.4. The van der Waals surface area contributed by atoms with Crippen molar-refractivity contribution in [3.05, 3.63) is 89.1 Å². The zero-order valence-electron chi connectivity index (χ0n) is 24.4. The number of pyridine rings is 1. The fourth-order valence-corrected chi connectivity index (χ4v) is 5.38. The molecule has 0 spiro atoms. The number of hydrogen-bond donors (Lipinski definition) is 0. The molecule has 0 amide bonds. The van der Waals surface area contributed by atoms with Crippen molar-refractivity contribution in [3.63, 3.8) is 0 Å². The first-order valence-electron chi connectivity index (χ1n) is 14.2. The van der Waals surface area contributed by atoms with Crippen LogP contribution in [0.4, 0.5) is 0 Å². The van der Waals surface area contributed by atoms with Crippen LogP contribution in [0.5, 0.6) is 0 Å². The van der Waals surface area contributed by atoms with E-state index in [1.165, 1.54) is 0 Å². The fourth-order valence-electron chi connectivity index (χ4n) is 5.38. The second-order valence-electron chi connectivity index (χ2n) is 9.39. The van der Waals surface area contributed by atoms with Crippen LogP contribution >= 0.6 is 0 Å². The van der Waals surface area contributed by atoms with Crippen molar-refractivity contribution in [1.29, 1.82) is 5.26 Å². The summed E-state index contributed by atoms with van der Waals surface area (Å²) in [5.74, 6) is -1.04. The number of nitrogens with zero attached hydrogens (tertiary/aromatic N) is 2. The van der Waals surface area contributed by atoms with Crippen molar-refractivity contribution >= 4 is 21.9 Å². The lowest BCUT2D eigenvalue weighted by Gasteiger charge is -2.24. The molecule has 0 saturated carbocycles. The molecule has 3 heterocycles. The van der Waals surface area contributed by atoms with Gasteiger partial charge in [0.2, 0.25) is 5.69 Å². The van der Waals surface area contributed by atoms with Crippen molar-refractivity contribution in [1.82, 2.24) is 0 Å². The largest absolute Gasteiger partial charge is 0.454 e. The monoisotopic (exact) mass is 477 g/mol. The van der Waals surface area contributed by atoms with Gasteiger partial charge in [-0.3, -0.25) is 0 Å². The first kappa shape index (κ1) is 18.3. The van der Waals surface area contributed by atoms with Gasteiger partial charge in [0.1, 0.15) is 18.2 Å². The van der Waals surface area contributed by atoms with Crippen LogP contribution < -0.4 is 4.57 Å². The van der Waals surface area contributed by atoms with Crippen LogP contribution in [0.3, 0.4) is 0 Å². The van der Waals surface area contributed by atoms with Crippen molar-refractivity contribution in [2.75, 3.05) is 13.2 Å². The highest BCUT2D eigenvalue weighted by Crippen LogP contribution is 2.42. The maximum atomic E-state index is 10.1. The summed E-state index contributed by atoms with van der Waals surface area (Å²) in [6, 6.07) is 21.3. The Morgan fingerprint density at radius 1 is 0.972 bits per heavy atom. The molecule has 1 saturated heterocycles. The van der Waals surface area contributed by atoms with E-state index < -0.39 is 12.7 Å². The minimum atomic E-state index is -2.43. The Labute approximate surface area is 217 Å². The summed E-state index contributed by atoms with van der Waals surface area (Å²) in [6.45, 7) is 0.455. The second-order valence-corrected chi connectivity index (χ2v) is 9.39. The molecule has 5 aromatic rings. The summed E-state index contributed by atoms with van der Waals surface area (Å²) in [7, 11) is 1.99. The van der Waals surface area contributed by atoms with Gasteiger partial charge in [-0.2, -0.15) is 5.26 Å². The van der Waals surface area contributed by atoms with Gasteiger partial charge in [0.15, 0.2) is 6.20 Å². The average molecular weight is 478 g/mol. The molecule has 6 rings (SSSR count). The van der Waals surface area contributed by atoms with Gasteiger partial charge in [0, 0.05) is 47.2 Å². The minimum absolute atomic E-state index is 0.131. The molecule has 0 unspecified atom stereocenters. The maximum Gasteiger partial charge on any atom is 0.216 e. The van der Waals surface area contributed by atoms with Gasteiger partial charge in [-0.15, -0.1) is 0 Å². The molecule has 1 fully saturated rings. The summed E-state index contributed by atoms with van der Waals surface area (Å²) in [5, 5.41) is 11.9. The predicted octanol–water partition coefficient (Wildman–Crippen LogP) is 7.13. The highest BCUT2D eigenvalue weighted by atomic mass is 16.5. The molecule has 4 nitrogen and oxygen atoms in total. The molecular weight excluding hydrogens is 444 g/mol. The topological polar surface area (TPSA) is 50.0 Å². The van der Waals surface area contributed by atoms with E-state index in [9.17, 15) is 5.26 Å². The Hall–Kier alpha value is -3.94. The third-order valence-corrected chi connectivity index (χ3v) is 7.23. The summed E-state index contributed by atoms with van der Waals surface area (Å²) in [6.07, 6.45) is 2.85. The van der Waals surface area contributed by atoms with Gasteiger partial charge in [-0.05, 0) is 73.0 Å². The number of ether oxygens (including phenoxy) is 1. The lowest BCUT2D eigenvalue weighted by molar-refractivity contribution is -0.660. The van der Waals surface area contributed by atoms with Gasteiger partial charge in [0.25, 0.3) is 0 Å². The highest BCUT2D eigenvalue weighted by Gasteiger charge is 2.24. The van der Waals surface area contributed by atoms with E-state index in [2.05, 4.69) is 12.1 Å². The van der Waals surface area contributed by atoms with E-state index in [0.717, 1.165) is 27.6 Å². The summed E-state index contributed by atoms with van der Waals surface area (Å²) < 4.78 is 48.2. The average Bonchev–Trinajstić information content (AvgIpc) is 3.31. The lowest BCUT2D eigenvalue weighted by atomic mass is 9.86. The van der Waals surface area contributed by atoms with Crippen molar-refractivity contribution < 1.29 is 19.2 Å². The number of nitriles is 1. The van der Waals surface area contributed by atoms with E-state index in [4.69, 9.17) is 14.6 Å². The summed E-state index contributed by atoms with van der Waals surface area (Å²) in [5.41, 5.74) is 6.43. The van der Waals surface area contributed by atoms with E-state index in [0.29, 0.717) is 59.5 Å². The highest BCUT2D eigenvalue weighted by molar-refractivity contribution is 6.14. The van der Waals surface area contributed by atoms with Crippen molar-refractivity contribution in [2.24, 2.45) is 7.05 Å². The number of fused-ring (bicyclic) bond motifs is 3. The number of aromatic nitrogens is 1. The lowest BCUT2D eigenvalue weighted by Crippen LogP contribution is -2.30. The maximum absolute atomic E-state index is 10.1. The molecule has 3 aromatic carbocycles. The van der Waals surface area contributed by atoms with Crippen LogP contribution in [-0.4, -0.2) is 13.2 Å². The summed E-state index contributed by atoms with van der Waals surface area (Å²) >= 11 is 0. The molecule has 0 aliphatic carbocycles. The van der Waals surface area contributed by atoms with Crippen LogP contribution in [0.25, 0.3) is 44.3 Å². The number of hydrogen-bond acceptors (Lipinski definition) is 3. The Morgan fingerprint density at radius 2 is 1.75 bits per heavy atom. The quantitative estimate of drug-likeness (QED) is 0.260. The van der Waals surface area contributed by atoms with E-state index in [1.54, 1.807) is 18.2 Å². The van der Waals surface area contributed by atoms with Crippen LogP contribution in [0.15, 0.2) is 71.3 Å². The number of benzene rings is 3. The molecule has 36 heavy (non-hydrogen) atoms. The van der Waals surface area contributed by atoms with Crippen molar-refractivity contribution in [2.45, 2.75) is 32.5 Å². The van der Waals surface area contributed by atoms with Crippen LogP contribution in [0.1, 0.15) is 46.5 Å². The zero-order chi connectivity index (χ0) is 28.2. The van der Waals surface area contributed by atoms with Gasteiger partial charge in [0.05, 0.1) is 17.2 Å². The number of furan rings is 1. The fraction of sp³-hybridized carbons (Fsp3) is 0.250. The third kappa shape index (κ3) is 3.59. The molecule has 1 aliphatic heterocycles. The first-order valence-corrected chi connectivity index (χ1v) is 12.2. The Balaban J connectivity index is 1.64. The Morgan fingerprint density at radius 3 is 2.50 bits per heavy atom. The standard InChI is InChI=1S/C32H29N2O2/c1-20-7-10-26-27-12-9-24(19-33)30(23-8-11-25(21(2)18-23)22-13-16-35-17-14-22)32(27)36-31(26)29(20)28-6-4-5-15-34(28)3/h4-12,15,18,22H,13-14,16-17H2,1-3H3/q+1/i2D3,22D. The first-order chi connectivity index (χ1) is 19.1. The third-order valence-electron chi connectivity index (χ3n) is 7.23. The van der Waals surface area contributed by atoms with Crippen LogP contribution in [0.2, 0.25) is 0 Å². The molecule has 4 heteroatoms. The SMILES string of the molecule is [2H]C([2H])([2H])c1cc(-c2c(C#N)ccc3c2oc2c(-c4cccc[n+]4C)c(C)ccc23)ccc1C1([2H])CCOCC1. The van der Waals surface area contributed by atoms with Gasteiger partial charge < -0.3 is 9.15 Å². The molecule has 2 aromatic heterocycles. The molecule has 1 aliphatic rings. The smallest absolute Gasteiger partial charge is 0.216 e. The molecular formula is C32H29N2O2+. The molecule has 0 N–H and O–H groups in total. The van der Waals surface area contributed by atoms with Crippen LogP contribution in [-0.2, 0) is 11.8 Å².